The molecule has 160 valence electrons. The van der Waals surface area contributed by atoms with Gasteiger partial charge in [0.1, 0.15) is 0 Å². The van der Waals surface area contributed by atoms with E-state index in [0.29, 0.717) is 0 Å². The molecule has 0 aliphatic heterocycles. The molecule has 2 heterocycles. The molecular formula is C31H26N2. The highest BCUT2D eigenvalue weighted by Crippen LogP contribution is 2.31. The normalized spacial score (nSPS) is 10.8. The Labute approximate surface area is 193 Å². The zero-order valence-electron chi connectivity index (χ0n) is 17.6. The van der Waals surface area contributed by atoms with E-state index in [1.165, 1.54) is 49.3 Å². The van der Waals surface area contributed by atoms with Gasteiger partial charge in [-0.15, -0.1) is 0 Å². The Morgan fingerprint density at radius 3 is 1.30 bits per heavy atom. The molecule has 0 spiro atoms. The third-order valence-corrected chi connectivity index (χ3v) is 6.01. The molecule has 1 N–H and O–H groups in total. The number of aromatic amines is 1. The molecule has 0 unspecified atom stereocenters. The van der Waals surface area contributed by atoms with E-state index in [1.54, 1.807) is 0 Å². The molecule has 0 bridgehead atoms. The standard InChI is InChI=1S/C18H13N.C12H9N.CH4/c1-2-8-14(9-3-1)19-17-12-6-4-10-15(17)16-11-5-7-13-18(16)19;1-3-7-11-9(5-1)10-6-2-4-8-12(10)13-11;/h1-13H;1-8,13H;1H4. The number of hydrogen-bond acceptors (Lipinski definition) is 0. The predicted octanol–water partition coefficient (Wildman–Crippen LogP) is 8.74. The molecule has 0 atom stereocenters. The van der Waals surface area contributed by atoms with Crippen LogP contribution in [0.4, 0.5) is 0 Å². The summed E-state index contributed by atoms with van der Waals surface area (Å²) in [5.74, 6) is 0. The Hall–Kier alpha value is -4.30. The lowest BCUT2D eigenvalue weighted by Crippen LogP contribution is -1.92. The van der Waals surface area contributed by atoms with Gasteiger partial charge in [0, 0.05) is 38.3 Å². The van der Waals surface area contributed by atoms with E-state index >= 15 is 0 Å². The van der Waals surface area contributed by atoms with E-state index in [0.717, 1.165) is 0 Å². The molecule has 33 heavy (non-hydrogen) atoms. The van der Waals surface area contributed by atoms with Gasteiger partial charge in [0.2, 0.25) is 0 Å². The maximum Gasteiger partial charge on any atom is 0.0541 e. The lowest BCUT2D eigenvalue weighted by atomic mass is 10.2. The first kappa shape index (κ1) is 20.6. The number of hydrogen-bond donors (Lipinski definition) is 1. The predicted molar refractivity (Wildman–Crippen MR) is 143 cm³/mol. The van der Waals surface area contributed by atoms with Gasteiger partial charge in [0.25, 0.3) is 0 Å². The van der Waals surface area contributed by atoms with Crippen molar-refractivity contribution in [2.75, 3.05) is 0 Å². The molecule has 7 aromatic rings. The van der Waals surface area contributed by atoms with Crippen LogP contribution in [0.1, 0.15) is 7.43 Å². The van der Waals surface area contributed by atoms with Crippen LogP contribution in [0.15, 0.2) is 127 Å². The van der Waals surface area contributed by atoms with Crippen molar-refractivity contribution in [1.82, 2.24) is 9.55 Å². The summed E-state index contributed by atoms with van der Waals surface area (Å²) >= 11 is 0. The molecule has 5 aromatic carbocycles. The molecule has 0 amide bonds. The summed E-state index contributed by atoms with van der Waals surface area (Å²) in [7, 11) is 0. The first-order chi connectivity index (χ1) is 15.9. The SMILES string of the molecule is C.c1ccc(-n2c3ccccc3c3ccccc32)cc1.c1ccc2c(c1)[nH]c1ccccc12. The fourth-order valence-corrected chi connectivity index (χ4v) is 4.58. The third-order valence-electron chi connectivity index (χ3n) is 6.01. The monoisotopic (exact) mass is 426 g/mol. The number of nitrogens with zero attached hydrogens (tertiary/aromatic N) is 1. The van der Waals surface area contributed by atoms with Crippen molar-refractivity contribution in [3.63, 3.8) is 0 Å². The summed E-state index contributed by atoms with van der Waals surface area (Å²) in [5, 5.41) is 5.22. The Balaban J connectivity index is 0.000000143. The molecule has 2 aromatic heterocycles. The van der Waals surface area contributed by atoms with Gasteiger partial charge in [-0.2, -0.15) is 0 Å². The molecule has 0 aliphatic carbocycles. The summed E-state index contributed by atoms with van der Waals surface area (Å²) in [6, 6.07) is 44.4. The van der Waals surface area contributed by atoms with Crippen LogP contribution in [-0.4, -0.2) is 9.55 Å². The van der Waals surface area contributed by atoms with Gasteiger partial charge >= 0.3 is 0 Å². The van der Waals surface area contributed by atoms with Crippen molar-refractivity contribution in [3.05, 3.63) is 127 Å². The van der Waals surface area contributed by atoms with Gasteiger partial charge in [-0.25, -0.2) is 0 Å². The highest BCUT2D eigenvalue weighted by atomic mass is 15.0. The van der Waals surface area contributed by atoms with Crippen molar-refractivity contribution in [2.45, 2.75) is 7.43 Å². The summed E-state index contributed by atoms with van der Waals surface area (Å²) in [5.41, 5.74) is 6.15. The quantitative estimate of drug-likeness (QED) is 0.271. The Kier molecular flexibility index (Phi) is 5.42. The van der Waals surface area contributed by atoms with Gasteiger partial charge in [0.15, 0.2) is 0 Å². The highest BCUT2D eigenvalue weighted by Gasteiger charge is 2.10. The minimum Gasteiger partial charge on any atom is -0.355 e. The average Bonchev–Trinajstić information content (AvgIpc) is 3.41. The van der Waals surface area contributed by atoms with Crippen molar-refractivity contribution >= 4 is 43.6 Å². The van der Waals surface area contributed by atoms with Crippen LogP contribution < -0.4 is 0 Å². The van der Waals surface area contributed by atoms with Crippen molar-refractivity contribution in [2.24, 2.45) is 0 Å². The summed E-state index contributed by atoms with van der Waals surface area (Å²) in [6.07, 6.45) is 0. The van der Waals surface area contributed by atoms with Crippen LogP contribution >= 0.6 is 0 Å². The van der Waals surface area contributed by atoms with Crippen LogP contribution in [0.2, 0.25) is 0 Å². The van der Waals surface area contributed by atoms with E-state index in [4.69, 9.17) is 0 Å². The largest absolute Gasteiger partial charge is 0.355 e. The number of para-hydroxylation sites is 5. The lowest BCUT2D eigenvalue weighted by molar-refractivity contribution is 1.18. The van der Waals surface area contributed by atoms with Gasteiger partial charge in [0.05, 0.1) is 11.0 Å². The summed E-state index contributed by atoms with van der Waals surface area (Å²) in [6.45, 7) is 0. The van der Waals surface area contributed by atoms with Gasteiger partial charge in [-0.05, 0) is 36.4 Å². The van der Waals surface area contributed by atoms with Gasteiger partial charge in [-0.1, -0.05) is 98.4 Å². The molecule has 0 radical (unpaired) electrons. The van der Waals surface area contributed by atoms with Crippen molar-refractivity contribution < 1.29 is 0 Å². The van der Waals surface area contributed by atoms with Crippen molar-refractivity contribution in [1.29, 1.82) is 0 Å². The van der Waals surface area contributed by atoms with Crippen molar-refractivity contribution in [3.8, 4) is 5.69 Å². The summed E-state index contributed by atoms with van der Waals surface area (Å²) < 4.78 is 2.32. The molecule has 2 heteroatoms. The first-order valence-corrected chi connectivity index (χ1v) is 10.9. The van der Waals surface area contributed by atoms with Crippen LogP contribution in [0.5, 0.6) is 0 Å². The number of aromatic nitrogens is 2. The number of fused-ring (bicyclic) bond motifs is 6. The molecular weight excluding hydrogens is 400 g/mol. The molecule has 7 rings (SSSR count). The third kappa shape index (κ3) is 3.56. The number of H-pyrrole nitrogens is 1. The number of benzene rings is 5. The highest BCUT2D eigenvalue weighted by molar-refractivity contribution is 6.09. The van der Waals surface area contributed by atoms with E-state index < -0.39 is 0 Å². The topological polar surface area (TPSA) is 20.7 Å². The van der Waals surface area contributed by atoms with Crippen LogP contribution in [-0.2, 0) is 0 Å². The maximum absolute atomic E-state index is 3.38. The van der Waals surface area contributed by atoms with Crippen LogP contribution in [0, 0.1) is 0 Å². The lowest BCUT2D eigenvalue weighted by Gasteiger charge is -2.06. The first-order valence-electron chi connectivity index (χ1n) is 10.9. The molecule has 0 aliphatic rings. The summed E-state index contributed by atoms with van der Waals surface area (Å²) in [4.78, 5) is 3.38. The number of nitrogens with one attached hydrogen (secondary N) is 1. The zero-order chi connectivity index (χ0) is 21.3. The molecule has 0 saturated heterocycles. The minimum atomic E-state index is 0. The average molecular weight is 427 g/mol. The van der Waals surface area contributed by atoms with Gasteiger partial charge < -0.3 is 9.55 Å². The minimum absolute atomic E-state index is 0. The second-order valence-electron chi connectivity index (χ2n) is 7.92. The molecule has 2 nitrogen and oxygen atoms in total. The van der Waals surface area contributed by atoms with E-state index in [9.17, 15) is 0 Å². The zero-order valence-corrected chi connectivity index (χ0v) is 17.6. The Morgan fingerprint density at radius 1 is 0.394 bits per heavy atom. The fourth-order valence-electron chi connectivity index (χ4n) is 4.58. The van der Waals surface area contributed by atoms with E-state index in [-0.39, 0.29) is 7.43 Å². The Morgan fingerprint density at radius 2 is 0.788 bits per heavy atom. The number of rotatable bonds is 1. The second kappa shape index (κ2) is 8.68. The maximum atomic E-state index is 3.38. The Bertz CT molecular complexity index is 1570. The van der Waals surface area contributed by atoms with Crippen LogP contribution in [0.3, 0.4) is 0 Å². The van der Waals surface area contributed by atoms with E-state index in [1.807, 2.05) is 0 Å². The molecule has 0 fully saturated rings. The second-order valence-corrected chi connectivity index (χ2v) is 7.92. The van der Waals surface area contributed by atoms with Gasteiger partial charge in [-0.3, -0.25) is 0 Å². The smallest absolute Gasteiger partial charge is 0.0541 e. The fraction of sp³-hybridized carbons (Fsp3) is 0.0323. The molecule has 0 saturated carbocycles. The van der Waals surface area contributed by atoms with E-state index in [2.05, 4.69) is 137 Å². The van der Waals surface area contributed by atoms with Crippen LogP contribution in [0.25, 0.3) is 49.3 Å².